The van der Waals surface area contributed by atoms with Crippen LogP contribution in [0.1, 0.15) is 16.7 Å². The molecule has 9 heteroatoms. The molecule has 8 nitrogen and oxygen atoms in total. The molecule has 6 aromatic rings. The molecule has 0 aliphatic carbocycles. The first kappa shape index (κ1) is 22.1. The van der Waals surface area contributed by atoms with Gasteiger partial charge in [0.25, 0.3) is 5.56 Å². The summed E-state index contributed by atoms with van der Waals surface area (Å²) in [5.41, 5.74) is 3.84. The van der Waals surface area contributed by atoms with Crippen molar-refractivity contribution in [2.75, 3.05) is 0 Å². The van der Waals surface area contributed by atoms with E-state index in [4.69, 9.17) is 4.42 Å². The number of hydrogen-bond donors (Lipinski definition) is 1. The smallest absolute Gasteiger partial charge is 0.336 e. The number of fused-ring (bicyclic) bond motifs is 4. The van der Waals surface area contributed by atoms with E-state index in [2.05, 4.69) is 10.2 Å². The molecule has 0 bridgehead atoms. The van der Waals surface area contributed by atoms with Gasteiger partial charge in [0.1, 0.15) is 11.3 Å². The number of hydrogen-bond acceptors (Lipinski definition) is 7. The van der Waals surface area contributed by atoms with E-state index in [1.54, 1.807) is 22.8 Å². The van der Waals surface area contributed by atoms with Crippen molar-refractivity contribution in [3.63, 3.8) is 0 Å². The molecule has 3 heterocycles. The largest absolute Gasteiger partial charge is 0.508 e. The highest BCUT2D eigenvalue weighted by Gasteiger charge is 2.19. The molecule has 0 unspecified atom stereocenters. The highest BCUT2D eigenvalue weighted by molar-refractivity contribution is 7.98. The van der Waals surface area contributed by atoms with E-state index in [1.165, 1.54) is 23.9 Å². The lowest BCUT2D eigenvalue weighted by molar-refractivity contribution is 0.473. The highest BCUT2D eigenvalue weighted by Crippen LogP contribution is 2.29. The van der Waals surface area contributed by atoms with Crippen molar-refractivity contribution in [2.24, 2.45) is 0 Å². The van der Waals surface area contributed by atoms with Gasteiger partial charge in [-0.05, 0) is 60.9 Å². The molecule has 3 aromatic carbocycles. The van der Waals surface area contributed by atoms with Crippen molar-refractivity contribution in [3.05, 3.63) is 104 Å². The van der Waals surface area contributed by atoms with Gasteiger partial charge in [-0.2, -0.15) is 0 Å². The van der Waals surface area contributed by atoms with Gasteiger partial charge < -0.3 is 9.52 Å². The normalized spacial score (nSPS) is 11.6. The molecule has 0 radical (unpaired) electrons. The molecule has 0 saturated heterocycles. The minimum atomic E-state index is -0.496. The fraction of sp³-hybridized carbons (Fsp3) is 0.111. The molecule has 6 rings (SSSR count). The molecule has 1 N–H and O–H groups in total. The van der Waals surface area contributed by atoms with Crippen LogP contribution in [0.2, 0.25) is 0 Å². The number of nitrogens with zero attached hydrogens (tertiary/aromatic N) is 4. The summed E-state index contributed by atoms with van der Waals surface area (Å²) < 4.78 is 8.74. The van der Waals surface area contributed by atoms with Crippen LogP contribution in [0, 0.1) is 13.8 Å². The first-order valence-electron chi connectivity index (χ1n) is 11.3. The number of phenols is 1. The third kappa shape index (κ3) is 3.56. The first-order chi connectivity index (χ1) is 17.4. The standard InChI is InChI=1S/C27H20N4O4S/c1-15-7-8-16(2)22(11-15)30-25(34)20-5-3-4-6-21(20)31-26(30)28-29-27(31)36-14-17-12-24(33)35-23-13-18(32)9-10-19(17)23/h3-13,32H,14H2,1-2H3. The van der Waals surface area contributed by atoms with Crippen LogP contribution in [0.25, 0.3) is 33.3 Å². The van der Waals surface area contributed by atoms with E-state index in [0.717, 1.165) is 27.8 Å². The van der Waals surface area contributed by atoms with E-state index < -0.39 is 5.63 Å². The summed E-state index contributed by atoms with van der Waals surface area (Å²) in [6.07, 6.45) is 0. The van der Waals surface area contributed by atoms with Crippen LogP contribution in [-0.2, 0) is 5.75 Å². The quantitative estimate of drug-likeness (QED) is 0.277. The number of rotatable bonds is 4. The van der Waals surface area contributed by atoms with Gasteiger partial charge in [0, 0.05) is 23.3 Å². The second kappa shape index (κ2) is 8.39. The second-order valence-electron chi connectivity index (χ2n) is 8.63. The molecule has 178 valence electrons. The minimum absolute atomic E-state index is 0.0230. The van der Waals surface area contributed by atoms with E-state index in [-0.39, 0.29) is 11.3 Å². The molecule has 3 aromatic heterocycles. The lowest BCUT2D eigenvalue weighted by Crippen LogP contribution is -2.22. The Morgan fingerprint density at radius 3 is 2.64 bits per heavy atom. The zero-order valence-corrected chi connectivity index (χ0v) is 20.2. The zero-order valence-electron chi connectivity index (χ0n) is 19.4. The van der Waals surface area contributed by atoms with Crippen LogP contribution < -0.4 is 11.2 Å². The van der Waals surface area contributed by atoms with Crippen molar-refractivity contribution in [1.29, 1.82) is 0 Å². The van der Waals surface area contributed by atoms with Gasteiger partial charge in [-0.1, -0.05) is 36.0 Å². The summed E-state index contributed by atoms with van der Waals surface area (Å²) in [6.45, 7) is 3.95. The predicted molar refractivity (Wildman–Crippen MR) is 139 cm³/mol. The Labute approximate surface area is 208 Å². The van der Waals surface area contributed by atoms with Gasteiger partial charge in [-0.25, -0.2) is 9.36 Å². The number of para-hydroxylation sites is 1. The Morgan fingerprint density at radius 1 is 0.944 bits per heavy atom. The number of benzene rings is 3. The molecule has 0 saturated carbocycles. The van der Waals surface area contributed by atoms with Crippen LogP contribution in [0.15, 0.2) is 85.9 Å². The van der Waals surface area contributed by atoms with Gasteiger partial charge in [0.15, 0.2) is 5.16 Å². The molecule has 0 aliphatic rings. The van der Waals surface area contributed by atoms with Crippen molar-refractivity contribution >= 4 is 39.4 Å². The van der Waals surface area contributed by atoms with Gasteiger partial charge >= 0.3 is 5.63 Å². The Balaban J connectivity index is 1.54. The van der Waals surface area contributed by atoms with Gasteiger partial charge in [0.2, 0.25) is 5.78 Å². The monoisotopic (exact) mass is 496 g/mol. The molecule has 0 atom stereocenters. The topological polar surface area (TPSA) is 103 Å². The maximum absolute atomic E-state index is 13.6. The molecule has 0 fully saturated rings. The Kier molecular flexibility index (Phi) is 5.15. The fourth-order valence-corrected chi connectivity index (χ4v) is 5.36. The number of phenolic OH excluding ortho intramolecular Hbond substituents is 1. The lowest BCUT2D eigenvalue weighted by atomic mass is 10.1. The summed E-state index contributed by atoms with van der Waals surface area (Å²) in [7, 11) is 0. The van der Waals surface area contributed by atoms with E-state index in [9.17, 15) is 14.7 Å². The van der Waals surface area contributed by atoms with Crippen molar-refractivity contribution in [3.8, 4) is 11.4 Å². The van der Waals surface area contributed by atoms with Gasteiger partial charge in [-0.3, -0.25) is 9.20 Å². The molecule has 0 spiro atoms. The average Bonchev–Trinajstić information content (AvgIpc) is 3.28. The average molecular weight is 497 g/mol. The summed E-state index contributed by atoms with van der Waals surface area (Å²) in [4.78, 5) is 25.7. The molecular weight excluding hydrogens is 476 g/mol. The maximum Gasteiger partial charge on any atom is 0.336 e. The van der Waals surface area contributed by atoms with E-state index >= 15 is 0 Å². The fourth-order valence-electron chi connectivity index (χ4n) is 4.43. The van der Waals surface area contributed by atoms with E-state index in [0.29, 0.717) is 33.2 Å². The maximum atomic E-state index is 13.6. The molecule has 0 amide bonds. The van der Waals surface area contributed by atoms with Gasteiger partial charge in [-0.15, -0.1) is 10.2 Å². The van der Waals surface area contributed by atoms with Crippen molar-refractivity contribution in [2.45, 2.75) is 24.8 Å². The van der Waals surface area contributed by atoms with Crippen LogP contribution in [0.3, 0.4) is 0 Å². The minimum Gasteiger partial charge on any atom is -0.508 e. The number of thioether (sulfide) groups is 1. The van der Waals surface area contributed by atoms with Crippen molar-refractivity contribution < 1.29 is 9.52 Å². The molecule has 0 aliphatic heterocycles. The Bertz CT molecular complexity index is 1940. The molecule has 36 heavy (non-hydrogen) atoms. The number of aromatic nitrogens is 4. The van der Waals surface area contributed by atoms with Crippen LogP contribution in [-0.4, -0.2) is 24.3 Å². The third-order valence-corrected chi connectivity index (χ3v) is 7.15. The third-order valence-electron chi connectivity index (χ3n) is 6.17. The Morgan fingerprint density at radius 2 is 1.78 bits per heavy atom. The number of aromatic hydroxyl groups is 1. The second-order valence-corrected chi connectivity index (χ2v) is 9.57. The predicted octanol–water partition coefficient (Wildman–Crippen LogP) is 4.75. The first-order valence-corrected chi connectivity index (χ1v) is 12.2. The van der Waals surface area contributed by atoms with Crippen molar-refractivity contribution in [1.82, 2.24) is 19.2 Å². The molecular formula is C27H20N4O4S. The summed E-state index contributed by atoms with van der Waals surface area (Å²) >= 11 is 1.40. The summed E-state index contributed by atoms with van der Waals surface area (Å²) in [6, 6.07) is 19.5. The van der Waals surface area contributed by atoms with Gasteiger partial charge in [0.05, 0.1) is 16.6 Å². The summed E-state index contributed by atoms with van der Waals surface area (Å²) in [5, 5.41) is 20.5. The zero-order chi connectivity index (χ0) is 25.0. The summed E-state index contributed by atoms with van der Waals surface area (Å²) in [5.74, 6) is 0.844. The van der Waals surface area contributed by atoms with E-state index in [1.807, 2.05) is 54.6 Å². The Hall–Kier alpha value is -4.37. The highest BCUT2D eigenvalue weighted by atomic mass is 32.2. The van der Waals surface area contributed by atoms with Crippen LogP contribution in [0.5, 0.6) is 5.75 Å². The SMILES string of the molecule is Cc1ccc(C)c(-n2c(=O)c3ccccc3n3c(SCc4cc(=O)oc5cc(O)ccc45)nnc23)c1. The lowest BCUT2D eigenvalue weighted by Gasteiger charge is -2.14. The van der Waals surface area contributed by atoms with Crippen LogP contribution in [0.4, 0.5) is 0 Å². The van der Waals surface area contributed by atoms with Crippen LogP contribution >= 0.6 is 11.8 Å². The number of aryl methyl sites for hydroxylation is 2.